The van der Waals surface area contributed by atoms with Gasteiger partial charge in [0.2, 0.25) is 0 Å². The number of nitriles is 1. The van der Waals surface area contributed by atoms with E-state index in [0.717, 1.165) is 60.1 Å². The quantitative estimate of drug-likeness (QED) is 0.204. The molecule has 0 saturated carbocycles. The Morgan fingerprint density at radius 1 is 1.05 bits per heavy atom. The Labute approximate surface area is 256 Å². The van der Waals surface area contributed by atoms with E-state index in [9.17, 15) is 14.3 Å². The summed E-state index contributed by atoms with van der Waals surface area (Å²) in [6.07, 6.45) is 4.74. The van der Waals surface area contributed by atoms with Crippen LogP contribution in [-0.4, -0.2) is 59.4 Å². The highest BCUT2D eigenvalue weighted by Crippen LogP contribution is 2.33. The van der Waals surface area contributed by atoms with Gasteiger partial charge in [-0.25, -0.2) is 0 Å². The van der Waals surface area contributed by atoms with E-state index in [4.69, 9.17) is 11.6 Å². The van der Waals surface area contributed by atoms with E-state index in [1.54, 1.807) is 17.2 Å². The van der Waals surface area contributed by atoms with Crippen LogP contribution in [0.4, 0.5) is 0 Å². The molecule has 2 unspecified atom stereocenters. The Morgan fingerprint density at radius 2 is 1.74 bits per heavy atom. The fourth-order valence-corrected chi connectivity index (χ4v) is 7.12. The Bertz CT molecular complexity index is 1620. The minimum absolute atomic E-state index is 0.0879. The number of fused-ring (bicyclic) bond motifs is 1. The average molecular weight is 598 g/mol. The van der Waals surface area contributed by atoms with Crippen molar-refractivity contribution in [3.05, 3.63) is 112 Å². The summed E-state index contributed by atoms with van der Waals surface area (Å²) in [6, 6.07) is 29.5. The van der Waals surface area contributed by atoms with Crippen molar-refractivity contribution in [2.45, 2.75) is 36.0 Å². The number of benzene rings is 4. The van der Waals surface area contributed by atoms with Gasteiger partial charge in [0, 0.05) is 41.2 Å². The number of likely N-dealkylation sites (N-methyl/N-ethyl adjacent to an activating group) is 1. The SMILES string of the molecule is CN(CC(CCN1CCC(c2ccccc2S(C)=O)CC1)c1ccc(Cl)cc1)C(=O)c1cc(C#N)cc2ccccc12. The Kier molecular flexibility index (Phi) is 9.74. The molecule has 0 spiro atoms. The van der Waals surface area contributed by atoms with Gasteiger partial charge < -0.3 is 9.80 Å². The molecular formula is C35H36ClN3O2S. The van der Waals surface area contributed by atoms with Crippen molar-refractivity contribution in [1.82, 2.24) is 9.80 Å². The first-order valence-corrected chi connectivity index (χ1v) is 16.4. The first-order valence-electron chi connectivity index (χ1n) is 14.4. The summed E-state index contributed by atoms with van der Waals surface area (Å²) in [5.41, 5.74) is 3.42. The van der Waals surface area contributed by atoms with E-state index in [2.05, 4.69) is 29.2 Å². The molecule has 5 nitrogen and oxygen atoms in total. The van der Waals surface area contributed by atoms with Crippen molar-refractivity contribution in [3.8, 4) is 6.07 Å². The minimum atomic E-state index is -0.988. The number of likely N-dealkylation sites (tertiary alicyclic amines) is 1. The highest BCUT2D eigenvalue weighted by Gasteiger charge is 2.25. The van der Waals surface area contributed by atoms with Gasteiger partial charge in [0.15, 0.2) is 0 Å². The monoisotopic (exact) mass is 597 g/mol. The summed E-state index contributed by atoms with van der Waals surface area (Å²) in [6.45, 7) is 3.46. The molecule has 2 atom stereocenters. The third kappa shape index (κ3) is 6.93. The number of carbonyl (C=O) groups excluding carboxylic acids is 1. The maximum atomic E-state index is 13.8. The number of rotatable bonds is 9. The maximum Gasteiger partial charge on any atom is 0.254 e. The van der Waals surface area contributed by atoms with Crippen molar-refractivity contribution in [3.63, 3.8) is 0 Å². The Morgan fingerprint density at radius 3 is 2.45 bits per heavy atom. The van der Waals surface area contributed by atoms with Crippen LogP contribution in [0.5, 0.6) is 0 Å². The summed E-state index contributed by atoms with van der Waals surface area (Å²) < 4.78 is 12.3. The molecule has 0 radical (unpaired) electrons. The van der Waals surface area contributed by atoms with Crippen molar-refractivity contribution in [2.75, 3.05) is 39.5 Å². The molecule has 0 aromatic heterocycles. The molecular weight excluding hydrogens is 562 g/mol. The minimum Gasteiger partial charge on any atom is -0.341 e. The van der Waals surface area contributed by atoms with Gasteiger partial charge in [-0.15, -0.1) is 0 Å². The molecule has 1 amide bonds. The topological polar surface area (TPSA) is 64.4 Å². The standard InChI is InChI=1S/C35H36ClN3O2S/c1-38(35(40)33-22-25(23-37)21-28-7-3-4-8-31(28)33)24-29(26-11-13-30(36)14-12-26)17-20-39-18-15-27(16-19-39)32-9-5-6-10-34(32)42(2)41/h3-14,21-22,27,29H,15-20,24H2,1-2H3. The molecule has 216 valence electrons. The van der Waals surface area contributed by atoms with Crippen LogP contribution in [0.15, 0.2) is 89.8 Å². The molecule has 1 saturated heterocycles. The molecule has 1 fully saturated rings. The number of carbonyl (C=O) groups is 1. The maximum absolute atomic E-state index is 13.8. The zero-order valence-electron chi connectivity index (χ0n) is 24.1. The van der Waals surface area contributed by atoms with Crippen LogP contribution in [0.2, 0.25) is 5.02 Å². The third-order valence-electron chi connectivity index (χ3n) is 8.45. The summed E-state index contributed by atoms with van der Waals surface area (Å²) in [4.78, 5) is 19.0. The molecule has 0 bridgehead atoms. The Hall–Kier alpha value is -3.50. The van der Waals surface area contributed by atoms with Gasteiger partial charge in [-0.05, 0) is 97.0 Å². The molecule has 42 heavy (non-hydrogen) atoms. The largest absolute Gasteiger partial charge is 0.341 e. The number of hydrogen-bond acceptors (Lipinski definition) is 4. The summed E-state index contributed by atoms with van der Waals surface area (Å²) in [5, 5.41) is 12.0. The van der Waals surface area contributed by atoms with Crippen molar-refractivity contribution >= 4 is 39.1 Å². The molecule has 1 heterocycles. The highest BCUT2D eigenvalue weighted by molar-refractivity contribution is 7.84. The number of amides is 1. The summed E-state index contributed by atoms with van der Waals surface area (Å²) in [7, 11) is 0.859. The van der Waals surface area contributed by atoms with E-state index in [1.165, 1.54) is 5.56 Å². The lowest BCUT2D eigenvalue weighted by molar-refractivity contribution is 0.0783. The van der Waals surface area contributed by atoms with E-state index >= 15 is 0 Å². The van der Waals surface area contributed by atoms with Gasteiger partial charge >= 0.3 is 0 Å². The average Bonchev–Trinajstić information content (AvgIpc) is 3.02. The van der Waals surface area contributed by atoms with Crippen LogP contribution in [0, 0.1) is 11.3 Å². The van der Waals surface area contributed by atoms with E-state index < -0.39 is 10.8 Å². The summed E-state index contributed by atoms with van der Waals surface area (Å²) >= 11 is 6.21. The molecule has 1 aliphatic heterocycles. The summed E-state index contributed by atoms with van der Waals surface area (Å²) in [5.74, 6) is 0.466. The van der Waals surface area contributed by atoms with Gasteiger partial charge in [-0.3, -0.25) is 9.00 Å². The van der Waals surface area contributed by atoms with Crippen molar-refractivity contribution in [1.29, 1.82) is 5.26 Å². The fraction of sp³-hybridized carbons (Fsp3) is 0.314. The van der Waals surface area contributed by atoms with Crippen LogP contribution >= 0.6 is 11.6 Å². The highest BCUT2D eigenvalue weighted by atomic mass is 35.5. The van der Waals surface area contributed by atoms with Gasteiger partial charge in [0.05, 0.1) is 22.4 Å². The normalized spacial score (nSPS) is 15.7. The molecule has 4 aromatic carbocycles. The van der Waals surface area contributed by atoms with Crippen molar-refractivity contribution < 1.29 is 9.00 Å². The van der Waals surface area contributed by atoms with Crippen LogP contribution in [0.1, 0.15) is 58.1 Å². The number of piperidine rings is 1. The van der Waals surface area contributed by atoms with Crippen LogP contribution in [0.3, 0.4) is 0 Å². The second-order valence-electron chi connectivity index (χ2n) is 11.2. The van der Waals surface area contributed by atoms with Gasteiger partial charge in [-0.1, -0.05) is 66.2 Å². The molecule has 0 N–H and O–H groups in total. The van der Waals surface area contributed by atoms with Crippen molar-refractivity contribution in [2.24, 2.45) is 0 Å². The first-order chi connectivity index (χ1) is 20.3. The fourth-order valence-electron chi connectivity index (χ4n) is 6.16. The zero-order chi connectivity index (χ0) is 29.6. The lowest BCUT2D eigenvalue weighted by Crippen LogP contribution is -2.36. The molecule has 0 aliphatic carbocycles. The van der Waals surface area contributed by atoms with Gasteiger partial charge in [-0.2, -0.15) is 5.26 Å². The lowest BCUT2D eigenvalue weighted by Gasteiger charge is -2.34. The second-order valence-corrected chi connectivity index (χ2v) is 13.0. The van der Waals surface area contributed by atoms with E-state index in [1.807, 2.05) is 67.7 Å². The number of nitrogens with zero attached hydrogens (tertiary/aromatic N) is 3. The second kappa shape index (κ2) is 13.6. The predicted molar refractivity (Wildman–Crippen MR) is 172 cm³/mol. The molecule has 4 aromatic rings. The van der Waals surface area contributed by atoms with E-state index in [0.29, 0.717) is 28.6 Å². The Balaban J connectivity index is 1.29. The van der Waals surface area contributed by atoms with E-state index in [-0.39, 0.29) is 11.8 Å². The predicted octanol–water partition coefficient (Wildman–Crippen LogP) is 7.23. The van der Waals surface area contributed by atoms with Gasteiger partial charge in [0.25, 0.3) is 5.91 Å². The van der Waals surface area contributed by atoms with Crippen LogP contribution in [-0.2, 0) is 10.8 Å². The molecule has 5 rings (SSSR count). The number of halogens is 1. The van der Waals surface area contributed by atoms with Crippen LogP contribution < -0.4 is 0 Å². The third-order valence-corrected chi connectivity index (χ3v) is 9.70. The number of hydrogen-bond donors (Lipinski definition) is 0. The van der Waals surface area contributed by atoms with Crippen LogP contribution in [0.25, 0.3) is 10.8 Å². The first kappa shape index (κ1) is 30.0. The smallest absolute Gasteiger partial charge is 0.254 e. The molecule has 7 heteroatoms. The van der Waals surface area contributed by atoms with Gasteiger partial charge in [0.1, 0.15) is 0 Å². The zero-order valence-corrected chi connectivity index (χ0v) is 25.7. The molecule has 1 aliphatic rings. The lowest BCUT2D eigenvalue weighted by atomic mass is 9.88.